The van der Waals surface area contributed by atoms with Crippen LogP contribution in [0.3, 0.4) is 0 Å². The van der Waals surface area contributed by atoms with Gasteiger partial charge in [0.05, 0.1) is 24.7 Å². The van der Waals surface area contributed by atoms with Crippen LogP contribution in [0.5, 0.6) is 0 Å². The van der Waals surface area contributed by atoms with Crippen LogP contribution in [-0.4, -0.2) is 72.2 Å². The van der Waals surface area contributed by atoms with Crippen molar-refractivity contribution < 1.29 is 28.6 Å². The molecule has 0 saturated carbocycles. The molecule has 500 valence electrons. The maximum Gasteiger partial charge on any atom is 0.306 e. The highest BCUT2D eigenvalue weighted by atomic mass is 32.2. The van der Waals surface area contributed by atoms with Gasteiger partial charge in [0.25, 0.3) is 0 Å². The Hall–Kier alpha value is -0.540. The molecule has 3 unspecified atom stereocenters. The lowest BCUT2D eigenvalue weighted by Gasteiger charge is -2.31. The summed E-state index contributed by atoms with van der Waals surface area (Å²) in [6.45, 7) is 16.0. The summed E-state index contributed by atoms with van der Waals surface area (Å²) in [4.78, 5) is 40.5. The van der Waals surface area contributed by atoms with Gasteiger partial charge in [-0.25, -0.2) is 0 Å². The molecule has 0 aliphatic carbocycles. The van der Waals surface area contributed by atoms with Crippen LogP contribution in [0.25, 0.3) is 0 Å². The molecule has 0 saturated heterocycles. The number of unbranched alkanes of at least 4 members (excludes halogenated alkanes) is 36. The Morgan fingerprint density at radius 3 is 0.631 bits per heavy atom. The normalized spacial score (nSPS) is 13.5. The van der Waals surface area contributed by atoms with E-state index in [1.54, 1.807) is 0 Å². The van der Waals surface area contributed by atoms with Crippen LogP contribution in [0.1, 0.15) is 382 Å². The number of rotatable bonds is 70. The first kappa shape index (κ1) is 83.5. The van der Waals surface area contributed by atoms with Crippen LogP contribution >= 0.6 is 35.3 Å². The highest BCUT2D eigenvalue weighted by molar-refractivity contribution is 7.99. The first-order chi connectivity index (χ1) is 41.2. The van der Waals surface area contributed by atoms with Crippen LogP contribution < -0.4 is 0 Å². The number of hydrogen-bond acceptors (Lipinski definition) is 9. The fraction of sp³-hybridized carbons (Fsp3) is 0.960. The molecule has 0 aromatic rings. The van der Waals surface area contributed by atoms with Gasteiger partial charge in [-0.1, -0.05) is 318 Å². The highest BCUT2D eigenvalue weighted by Crippen LogP contribution is 2.29. The minimum absolute atomic E-state index is 0.0773. The summed E-state index contributed by atoms with van der Waals surface area (Å²) in [6.07, 6.45) is 66.0. The summed E-state index contributed by atoms with van der Waals surface area (Å²) in [5, 5.41) is 0. The SMILES string of the molecule is CCCCCCCCCCC(CCCCCCCC)CSCCC(=O)OCC(CC)(COC(=O)CCSCC(CCCCCCCC)CCCCCCCCCC)COC(=O)CCSCC(CCCCCCCC)CCCCCCCCCC. The molecule has 3 atom stereocenters. The lowest BCUT2D eigenvalue weighted by atomic mass is 9.88. The average molecular weight is 1240 g/mol. The Morgan fingerprint density at radius 2 is 0.452 bits per heavy atom. The number of carbonyl (C=O) groups excluding carboxylic acids is 3. The van der Waals surface area contributed by atoms with Crippen molar-refractivity contribution in [1.29, 1.82) is 0 Å². The number of hydrogen-bond donors (Lipinski definition) is 0. The van der Waals surface area contributed by atoms with Crippen LogP contribution in [0, 0.1) is 23.2 Å². The molecule has 0 bridgehead atoms. The number of carbonyl (C=O) groups is 3. The summed E-state index contributed by atoms with van der Waals surface area (Å²) in [5.41, 5.74) is -0.789. The lowest BCUT2D eigenvalue weighted by Crippen LogP contribution is -2.39. The van der Waals surface area contributed by atoms with E-state index < -0.39 is 5.41 Å². The molecule has 0 fully saturated rings. The molecule has 6 nitrogen and oxygen atoms in total. The third kappa shape index (κ3) is 57.9. The predicted molar refractivity (Wildman–Crippen MR) is 378 cm³/mol. The van der Waals surface area contributed by atoms with Crippen LogP contribution in [0.4, 0.5) is 0 Å². The van der Waals surface area contributed by atoms with Crippen LogP contribution in [0.2, 0.25) is 0 Å². The molecule has 0 radical (unpaired) electrons. The minimum atomic E-state index is -0.789. The maximum atomic E-state index is 13.5. The van der Waals surface area contributed by atoms with Gasteiger partial charge in [0, 0.05) is 17.3 Å². The second-order valence-electron chi connectivity index (χ2n) is 26.4. The van der Waals surface area contributed by atoms with E-state index in [-0.39, 0.29) is 37.7 Å². The first-order valence-corrected chi connectivity index (χ1v) is 40.9. The number of thioether (sulfide) groups is 3. The maximum absolute atomic E-state index is 13.5. The summed E-state index contributed by atoms with van der Waals surface area (Å²) >= 11 is 5.75. The lowest BCUT2D eigenvalue weighted by molar-refractivity contribution is -0.161. The minimum Gasteiger partial charge on any atom is -0.465 e. The second kappa shape index (κ2) is 66.9. The molecule has 0 aliphatic heterocycles. The molecule has 0 amide bonds. The fourth-order valence-corrected chi connectivity index (χ4v) is 15.3. The van der Waals surface area contributed by atoms with Gasteiger partial charge in [-0.05, 0) is 80.0 Å². The largest absolute Gasteiger partial charge is 0.465 e. The third-order valence-electron chi connectivity index (χ3n) is 18.1. The van der Waals surface area contributed by atoms with Crippen molar-refractivity contribution in [3.63, 3.8) is 0 Å². The first-order valence-electron chi connectivity index (χ1n) is 37.4. The van der Waals surface area contributed by atoms with Gasteiger partial charge >= 0.3 is 17.9 Å². The predicted octanol–water partition coefficient (Wildman–Crippen LogP) is 25.1. The van der Waals surface area contributed by atoms with Crippen molar-refractivity contribution in [2.75, 3.05) is 54.3 Å². The van der Waals surface area contributed by atoms with Crippen molar-refractivity contribution in [3.8, 4) is 0 Å². The Morgan fingerprint density at radius 1 is 0.274 bits per heavy atom. The Bertz CT molecular complexity index is 1210. The Labute approximate surface area is 538 Å². The summed E-state index contributed by atoms with van der Waals surface area (Å²) in [5.74, 6) is 7.06. The van der Waals surface area contributed by atoms with E-state index in [2.05, 4.69) is 41.5 Å². The highest BCUT2D eigenvalue weighted by Gasteiger charge is 2.34. The molecule has 0 spiro atoms. The number of esters is 3. The molecule has 0 rings (SSSR count). The zero-order chi connectivity index (χ0) is 61.3. The summed E-state index contributed by atoms with van der Waals surface area (Å²) in [6, 6.07) is 0. The smallest absolute Gasteiger partial charge is 0.306 e. The zero-order valence-corrected chi connectivity index (χ0v) is 60.0. The second-order valence-corrected chi connectivity index (χ2v) is 29.8. The molecular weight excluding hydrogens is 1090 g/mol. The fourth-order valence-electron chi connectivity index (χ4n) is 11.8. The quantitative estimate of drug-likeness (QED) is 0.0336. The van der Waals surface area contributed by atoms with Gasteiger partial charge in [-0.15, -0.1) is 0 Å². The number of ether oxygens (including phenoxy) is 3. The van der Waals surface area contributed by atoms with E-state index >= 15 is 0 Å². The standard InChI is InChI=1S/C75H146O6S3/c1-8-15-21-27-33-36-42-48-54-69(51-45-39-30-24-18-11-4)63-82-60-57-72(76)79-66-75(14-7,67-80-73(77)58-61-83-64-70(52-46-40-31-25-19-12-5)55-49-43-37-34-28-22-16-9-2)68-81-74(78)59-62-84-65-71(53-47-41-32-26-20-13-6)56-50-44-38-35-29-23-17-10-3/h69-71H,8-68H2,1-7H3. The third-order valence-corrected chi connectivity index (χ3v) is 21.7. The van der Waals surface area contributed by atoms with E-state index in [0.717, 1.165) is 34.5 Å². The summed E-state index contributed by atoms with van der Waals surface area (Å²) < 4.78 is 18.2. The Balaban J connectivity index is 5.66. The molecular formula is C75H146O6S3. The monoisotopic (exact) mass is 1240 g/mol. The topological polar surface area (TPSA) is 78.9 Å². The summed E-state index contributed by atoms with van der Waals surface area (Å²) in [7, 11) is 0. The molecule has 0 heterocycles. The van der Waals surface area contributed by atoms with Gasteiger partial charge in [0.15, 0.2) is 0 Å². The van der Waals surface area contributed by atoms with Crippen molar-refractivity contribution in [3.05, 3.63) is 0 Å². The Kier molecular flexibility index (Phi) is 66.4. The van der Waals surface area contributed by atoms with Crippen molar-refractivity contribution >= 4 is 53.2 Å². The van der Waals surface area contributed by atoms with Crippen molar-refractivity contribution in [1.82, 2.24) is 0 Å². The van der Waals surface area contributed by atoms with E-state index in [0.29, 0.717) is 43.4 Å². The molecule has 9 heteroatoms. The van der Waals surface area contributed by atoms with E-state index in [1.165, 1.54) is 308 Å². The van der Waals surface area contributed by atoms with Crippen LogP contribution in [-0.2, 0) is 28.6 Å². The molecule has 0 aliphatic rings. The van der Waals surface area contributed by atoms with Crippen molar-refractivity contribution in [2.45, 2.75) is 382 Å². The van der Waals surface area contributed by atoms with Crippen molar-refractivity contribution in [2.24, 2.45) is 23.2 Å². The molecule has 0 aromatic carbocycles. The van der Waals surface area contributed by atoms with Gasteiger partial charge in [-0.3, -0.25) is 14.4 Å². The molecule has 84 heavy (non-hydrogen) atoms. The van der Waals surface area contributed by atoms with E-state index in [4.69, 9.17) is 14.2 Å². The molecule has 0 N–H and O–H groups in total. The average Bonchev–Trinajstić information content (AvgIpc) is 3.66. The molecule has 0 aromatic heterocycles. The van der Waals surface area contributed by atoms with Gasteiger partial charge in [-0.2, -0.15) is 35.3 Å². The zero-order valence-electron chi connectivity index (χ0n) is 57.5. The van der Waals surface area contributed by atoms with Gasteiger partial charge < -0.3 is 14.2 Å². The van der Waals surface area contributed by atoms with Gasteiger partial charge in [0.2, 0.25) is 0 Å². The van der Waals surface area contributed by atoms with E-state index in [9.17, 15) is 14.4 Å². The van der Waals surface area contributed by atoms with Gasteiger partial charge in [0.1, 0.15) is 19.8 Å². The van der Waals surface area contributed by atoms with Crippen LogP contribution in [0.15, 0.2) is 0 Å². The van der Waals surface area contributed by atoms with E-state index in [1.807, 2.05) is 42.2 Å².